The number of halogens is 1. The number of carbonyl (C=O) groups is 1. The smallest absolute Gasteiger partial charge is 0.357 e. The van der Waals surface area contributed by atoms with Crippen LogP contribution in [0.3, 0.4) is 0 Å². The Labute approximate surface area is 105 Å². The summed E-state index contributed by atoms with van der Waals surface area (Å²) < 4.78 is 4.65. The lowest BCUT2D eigenvalue weighted by Gasteiger charge is -2.13. The Balaban J connectivity index is 4.58. The average molecular weight is 266 g/mol. The molecule has 0 rings (SSSR count). The van der Waals surface area contributed by atoms with Gasteiger partial charge in [-0.05, 0) is 6.42 Å². The Morgan fingerprint density at radius 2 is 2.25 bits per heavy atom. The highest BCUT2D eigenvalue weighted by Crippen LogP contribution is 2.17. The van der Waals surface area contributed by atoms with Gasteiger partial charge in [-0.2, -0.15) is 0 Å². The van der Waals surface area contributed by atoms with E-state index in [-0.39, 0.29) is 5.25 Å². The molecule has 0 N–H and O–H groups in total. The molecule has 0 spiro atoms. The van der Waals surface area contributed by atoms with Gasteiger partial charge in [0.05, 0.1) is 12.4 Å². The first kappa shape index (κ1) is 15.3. The van der Waals surface area contributed by atoms with E-state index in [9.17, 15) is 4.79 Å². The minimum Gasteiger partial charge on any atom is -0.464 e. The molecule has 0 heterocycles. The fourth-order valence-electron chi connectivity index (χ4n) is 1.03. The van der Waals surface area contributed by atoms with Crippen LogP contribution in [0, 0.1) is 0 Å². The van der Waals surface area contributed by atoms with E-state index >= 15 is 0 Å². The third-order valence-corrected chi connectivity index (χ3v) is 3.26. The van der Waals surface area contributed by atoms with Crippen molar-refractivity contribution in [2.45, 2.75) is 18.6 Å². The molecule has 0 aromatic rings. The lowest BCUT2D eigenvalue weighted by Crippen LogP contribution is -2.27. The van der Waals surface area contributed by atoms with Gasteiger partial charge < -0.3 is 9.57 Å². The molecular weight excluding hydrogens is 250 g/mol. The van der Waals surface area contributed by atoms with Gasteiger partial charge in [0, 0.05) is 11.3 Å². The fourth-order valence-corrected chi connectivity index (χ4v) is 2.20. The SMILES string of the molecule is CCC(SCC=CCl)C(=NOC)C(=O)OC. The molecule has 0 aromatic heterocycles. The third-order valence-electron chi connectivity index (χ3n) is 1.74. The summed E-state index contributed by atoms with van der Waals surface area (Å²) in [6, 6.07) is 0. The van der Waals surface area contributed by atoms with Crippen molar-refractivity contribution < 1.29 is 14.4 Å². The van der Waals surface area contributed by atoms with Gasteiger partial charge in [-0.25, -0.2) is 4.79 Å². The summed E-state index contributed by atoms with van der Waals surface area (Å²) in [6.07, 6.45) is 2.56. The normalized spacial score (nSPS) is 13.9. The molecule has 0 amide bonds. The Kier molecular flexibility index (Phi) is 9.13. The van der Waals surface area contributed by atoms with Crippen LogP contribution >= 0.6 is 23.4 Å². The molecule has 16 heavy (non-hydrogen) atoms. The molecule has 0 aromatic carbocycles. The van der Waals surface area contributed by atoms with Gasteiger partial charge >= 0.3 is 5.97 Å². The number of methoxy groups -OCH3 is 1. The molecule has 0 aliphatic heterocycles. The largest absolute Gasteiger partial charge is 0.464 e. The zero-order chi connectivity index (χ0) is 12.4. The quantitative estimate of drug-likeness (QED) is 0.403. The van der Waals surface area contributed by atoms with Crippen LogP contribution in [-0.2, 0) is 14.4 Å². The molecule has 0 saturated heterocycles. The zero-order valence-corrected chi connectivity index (χ0v) is 11.2. The van der Waals surface area contributed by atoms with Gasteiger partial charge in [-0.1, -0.05) is 29.8 Å². The highest BCUT2D eigenvalue weighted by Gasteiger charge is 2.23. The number of rotatable bonds is 7. The van der Waals surface area contributed by atoms with Crippen LogP contribution in [0.4, 0.5) is 0 Å². The van der Waals surface area contributed by atoms with Crippen LogP contribution in [0.25, 0.3) is 0 Å². The first-order chi connectivity index (χ1) is 7.71. The van der Waals surface area contributed by atoms with Crippen molar-refractivity contribution in [1.82, 2.24) is 0 Å². The second kappa shape index (κ2) is 9.54. The van der Waals surface area contributed by atoms with Gasteiger partial charge in [0.1, 0.15) is 7.11 Å². The maximum Gasteiger partial charge on any atom is 0.357 e. The van der Waals surface area contributed by atoms with Gasteiger partial charge in [0.2, 0.25) is 0 Å². The lowest BCUT2D eigenvalue weighted by atomic mass is 10.2. The van der Waals surface area contributed by atoms with Gasteiger partial charge in [0.15, 0.2) is 5.71 Å². The number of thioether (sulfide) groups is 1. The number of carbonyl (C=O) groups excluding carboxylic acids is 1. The van der Waals surface area contributed by atoms with Crippen molar-refractivity contribution in [1.29, 1.82) is 0 Å². The Morgan fingerprint density at radius 1 is 1.56 bits per heavy atom. The molecule has 0 bridgehead atoms. The van der Waals surface area contributed by atoms with Crippen molar-refractivity contribution >= 4 is 35.0 Å². The molecule has 6 heteroatoms. The Bertz CT molecular complexity index is 269. The molecule has 0 aliphatic rings. The first-order valence-electron chi connectivity index (χ1n) is 4.77. The number of nitrogens with zero attached hydrogens (tertiary/aromatic N) is 1. The van der Waals surface area contributed by atoms with E-state index in [0.717, 1.165) is 6.42 Å². The van der Waals surface area contributed by atoms with Crippen molar-refractivity contribution in [2.75, 3.05) is 20.0 Å². The standard InChI is InChI=1S/C10H16ClNO3S/c1-4-8(16-7-5-6-11)9(12-15-3)10(13)14-2/h5-6,8H,4,7H2,1-3H3. The van der Waals surface area contributed by atoms with Gasteiger partial charge in [0.25, 0.3) is 0 Å². The maximum absolute atomic E-state index is 11.4. The maximum atomic E-state index is 11.4. The van der Waals surface area contributed by atoms with Crippen molar-refractivity contribution in [3.8, 4) is 0 Å². The number of ether oxygens (including phenoxy) is 1. The number of esters is 1. The zero-order valence-electron chi connectivity index (χ0n) is 9.60. The average Bonchev–Trinajstić information content (AvgIpc) is 2.31. The molecular formula is C10H16ClNO3S. The van der Waals surface area contributed by atoms with E-state index in [2.05, 4.69) is 14.7 Å². The molecule has 4 nitrogen and oxygen atoms in total. The predicted molar refractivity (Wildman–Crippen MR) is 68.0 cm³/mol. The van der Waals surface area contributed by atoms with Gasteiger partial charge in [-0.15, -0.1) is 11.8 Å². The summed E-state index contributed by atoms with van der Waals surface area (Å²) in [7, 11) is 2.72. The molecule has 1 unspecified atom stereocenters. The van der Waals surface area contributed by atoms with Crippen LogP contribution in [0.15, 0.2) is 16.8 Å². The molecule has 0 fully saturated rings. The monoisotopic (exact) mass is 265 g/mol. The van der Waals surface area contributed by atoms with E-state index in [1.54, 1.807) is 17.8 Å². The Morgan fingerprint density at radius 3 is 2.69 bits per heavy atom. The Hall–Kier alpha value is -0.680. The first-order valence-corrected chi connectivity index (χ1v) is 6.25. The summed E-state index contributed by atoms with van der Waals surface area (Å²) in [6.45, 7) is 1.97. The molecule has 1 atom stereocenters. The minimum atomic E-state index is -0.462. The molecule has 0 saturated carbocycles. The fraction of sp³-hybridized carbons (Fsp3) is 0.600. The van der Waals surface area contributed by atoms with Crippen molar-refractivity contribution in [3.05, 3.63) is 11.6 Å². The highest BCUT2D eigenvalue weighted by atomic mass is 35.5. The minimum absolute atomic E-state index is 0.0553. The second-order valence-electron chi connectivity index (χ2n) is 2.74. The third kappa shape index (κ3) is 5.42. The van der Waals surface area contributed by atoms with E-state index in [1.165, 1.54) is 19.8 Å². The van der Waals surface area contributed by atoms with Crippen LogP contribution < -0.4 is 0 Å². The van der Waals surface area contributed by atoms with E-state index in [4.69, 9.17) is 11.6 Å². The van der Waals surface area contributed by atoms with E-state index in [1.807, 2.05) is 6.92 Å². The van der Waals surface area contributed by atoms with Crippen molar-refractivity contribution in [3.63, 3.8) is 0 Å². The van der Waals surface area contributed by atoms with E-state index in [0.29, 0.717) is 11.5 Å². The topological polar surface area (TPSA) is 47.9 Å². The summed E-state index contributed by atoms with van der Waals surface area (Å²) in [5.74, 6) is 0.248. The van der Waals surface area contributed by atoms with Crippen LogP contribution in [0.2, 0.25) is 0 Å². The number of hydrogen-bond acceptors (Lipinski definition) is 5. The highest BCUT2D eigenvalue weighted by molar-refractivity contribution is 8.00. The van der Waals surface area contributed by atoms with Crippen molar-refractivity contribution in [2.24, 2.45) is 5.16 Å². The lowest BCUT2D eigenvalue weighted by molar-refractivity contribution is -0.133. The predicted octanol–water partition coefficient (Wildman–Crippen LogP) is 2.43. The number of hydrogen-bond donors (Lipinski definition) is 0. The second-order valence-corrected chi connectivity index (χ2v) is 4.23. The number of oxime groups is 1. The summed E-state index contributed by atoms with van der Waals surface area (Å²) in [5.41, 5.74) is 1.74. The summed E-state index contributed by atoms with van der Waals surface area (Å²) in [4.78, 5) is 16.1. The summed E-state index contributed by atoms with van der Waals surface area (Å²) in [5, 5.41) is 3.65. The van der Waals surface area contributed by atoms with Gasteiger partial charge in [-0.3, -0.25) is 0 Å². The molecule has 0 radical (unpaired) electrons. The van der Waals surface area contributed by atoms with Crippen LogP contribution in [0.1, 0.15) is 13.3 Å². The van der Waals surface area contributed by atoms with E-state index < -0.39 is 5.97 Å². The molecule has 0 aliphatic carbocycles. The molecule has 92 valence electrons. The summed E-state index contributed by atoms with van der Waals surface area (Å²) >= 11 is 6.97. The van der Waals surface area contributed by atoms with Crippen LogP contribution in [-0.4, -0.2) is 36.9 Å². The van der Waals surface area contributed by atoms with Crippen LogP contribution in [0.5, 0.6) is 0 Å².